The molecule has 3 nitrogen and oxygen atoms in total. The number of rotatable bonds is 3. The zero-order valence-electron chi connectivity index (χ0n) is 10.1. The zero-order valence-corrected chi connectivity index (χ0v) is 10.1. The highest BCUT2D eigenvalue weighted by molar-refractivity contribution is 5.95. The molecule has 5 heteroatoms. The van der Waals surface area contributed by atoms with Crippen molar-refractivity contribution in [3.05, 3.63) is 53.9 Å². The maximum Gasteiger partial charge on any atom is 0.336 e. The van der Waals surface area contributed by atoms with Gasteiger partial charge in [-0.3, -0.25) is 4.98 Å². The number of carboxylic acids is 1. The van der Waals surface area contributed by atoms with Gasteiger partial charge in [-0.25, -0.2) is 4.79 Å². The first-order valence-corrected chi connectivity index (χ1v) is 5.56. The molecule has 0 unspecified atom stereocenters. The summed E-state index contributed by atoms with van der Waals surface area (Å²) in [5.74, 6) is -4.08. The molecule has 98 valence electrons. The molecule has 0 saturated heterocycles. The van der Waals surface area contributed by atoms with Crippen molar-refractivity contribution in [2.75, 3.05) is 0 Å². The van der Waals surface area contributed by atoms with Gasteiger partial charge in [-0.1, -0.05) is 24.3 Å². The summed E-state index contributed by atoms with van der Waals surface area (Å²) >= 11 is 0. The van der Waals surface area contributed by atoms with Crippen LogP contribution in [0, 0.1) is 0 Å². The van der Waals surface area contributed by atoms with Crippen LogP contribution in [0.2, 0.25) is 0 Å². The molecule has 2 rings (SSSR count). The molecule has 1 N–H and O–H groups in total. The Labute approximate surface area is 108 Å². The van der Waals surface area contributed by atoms with Gasteiger partial charge in [0, 0.05) is 18.7 Å². The average molecular weight is 263 g/mol. The maximum absolute atomic E-state index is 13.0. The fraction of sp³-hybridized carbons (Fsp3) is 0.143. The third kappa shape index (κ3) is 2.76. The summed E-state index contributed by atoms with van der Waals surface area (Å²) in [7, 11) is 0. The number of pyridine rings is 1. The van der Waals surface area contributed by atoms with Gasteiger partial charge in [0.25, 0.3) is 5.92 Å². The molecular formula is C14H11F2NO2. The van der Waals surface area contributed by atoms with Gasteiger partial charge in [0.1, 0.15) is 5.69 Å². The van der Waals surface area contributed by atoms with E-state index in [-0.39, 0.29) is 11.3 Å². The van der Waals surface area contributed by atoms with Crippen LogP contribution in [0.4, 0.5) is 8.78 Å². The Morgan fingerprint density at radius 1 is 1.21 bits per heavy atom. The highest BCUT2D eigenvalue weighted by atomic mass is 19.3. The monoisotopic (exact) mass is 263 g/mol. The van der Waals surface area contributed by atoms with E-state index in [1.807, 2.05) is 0 Å². The number of alkyl halides is 2. The van der Waals surface area contributed by atoms with Gasteiger partial charge in [-0.05, 0) is 17.7 Å². The Morgan fingerprint density at radius 2 is 1.89 bits per heavy atom. The predicted octanol–water partition coefficient (Wildman–Crippen LogP) is 3.56. The van der Waals surface area contributed by atoms with Gasteiger partial charge in [0.05, 0.1) is 5.56 Å². The van der Waals surface area contributed by atoms with E-state index in [0.717, 1.165) is 6.92 Å². The Hall–Kier alpha value is -2.30. The van der Waals surface area contributed by atoms with E-state index >= 15 is 0 Å². The first-order valence-electron chi connectivity index (χ1n) is 5.56. The Bertz CT molecular complexity index is 604. The van der Waals surface area contributed by atoms with Gasteiger partial charge in [-0.2, -0.15) is 8.78 Å². The number of halogens is 2. The van der Waals surface area contributed by atoms with Crippen molar-refractivity contribution >= 4 is 5.97 Å². The number of hydrogen-bond donors (Lipinski definition) is 1. The van der Waals surface area contributed by atoms with Gasteiger partial charge >= 0.3 is 5.97 Å². The Balaban J connectivity index is 2.46. The van der Waals surface area contributed by atoms with Crippen LogP contribution >= 0.6 is 0 Å². The number of carboxylic acid groups (broad SMARTS) is 1. The number of aromatic nitrogens is 1. The van der Waals surface area contributed by atoms with Crippen molar-refractivity contribution in [2.24, 2.45) is 0 Å². The molecule has 1 aromatic carbocycles. The maximum atomic E-state index is 13.0. The third-order valence-corrected chi connectivity index (χ3v) is 2.68. The lowest BCUT2D eigenvalue weighted by atomic mass is 10.0. The van der Waals surface area contributed by atoms with Crippen LogP contribution in [-0.4, -0.2) is 16.1 Å². The van der Waals surface area contributed by atoms with Crippen molar-refractivity contribution in [3.8, 4) is 11.1 Å². The second-order valence-electron chi connectivity index (χ2n) is 4.17. The van der Waals surface area contributed by atoms with Crippen molar-refractivity contribution in [2.45, 2.75) is 12.8 Å². The number of nitrogens with zero attached hydrogens (tertiary/aromatic N) is 1. The van der Waals surface area contributed by atoms with Crippen molar-refractivity contribution in [1.82, 2.24) is 4.98 Å². The summed E-state index contributed by atoms with van der Waals surface area (Å²) < 4.78 is 26.1. The molecule has 0 radical (unpaired) electrons. The molecule has 0 amide bonds. The van der Waals surface area contributed by atoms with Crippen LogP contribution in [-0.2, 0) is 5.92 Å². The summed E-state index contributed by atoms with van der Waals surface area (Å²) in [4.78, 5) is 14.8. The minimum Gasteiger partial charge on any atom is -0.478 e. The number of carbonyl (C=O) groups is 1. The molecule has 0 aliphatic heterocycles. The lowest BCUT2D eigenvalue weighted by Gasteiger charge is -2.10. The number of hydrogen-bond acceptors (Lipinski definition) is 2. The minimum atomic E-state index is -3.01. The first kappa shape index (κ1) is 13.1. The van der Waals surface area contributed by atoms with Crippen molar-refractivity contribution in [1.29, 1.82) is 0 Å². The van der Waals surface area contributed by atoms with Crippen LogP contribution in [0.3, 0.4) is 0 Å². The fourth-order valence-corrected chi connectivity index (χ4v) is 1.73. The standard InChI is InChI=1S/C14H11F2NO2/c1-14(15,16)12-7-6-9(8-17-12)10-4-2-3-5-11(10)13(18)19/h2-8H,1H3,(H,18,19). The molecule has 2 aromatic rings. The van der Waals surface area contributed by atoms with Crippen LogP contribution in [0.5, 0.6) is 0 Å². The van der Waals surface area contributed by atoms with Crippen LogP contribution in [0.15, 0.2) is 42.6 Å². The van der Waals surface area contributed by atoms with E-state index in [4.69, 9.17) is 5.11 Å². The van der Waals surface area contributed by atoms with Gasteiger partial charge < -0.3 is 5.11 Å². The summed E-state index contributed by atoms with van der Waals surface area (Å²) in [6, 6.07) is 9.01. The van der Waals surface area contributed by atoms with Gasteiger partial charge in [0.2, 0.25) is 0 Å². The van der Waals surface area contributed by atoms with Crippen LogP contribution < -0.4 is 0 Å². The normalized spacial score (nSPS) is 11.3. The number of benzene rings is 1. The molecule has 1 heterocycles. The minimum absolute atomic E-state index is 0.111. The topological polar surface area (TPSA) is 50.2 Å². The van der Waals surface area contributed by atoms with E-state index in [1.165, 1.54) is 24.4 Å². The highest BCUT2D eigenvalue weighted by Gasteiger charge is 2.25. The second kappa shape index (κ2) is 4.76. The fourth-order valence-electron chi connectivity index (χ4n) is 1.73. The van der Waals surface area contributed by atoms with E-state index < -0.39 is 11.9 Å². The van der Waals surface area contributed by atoms with Crippen molar-refractivity contribution in [3.63, 3.8) is 0 Å². The van der Waals surface area contributed by atoms with Crippen LogP contribution in [0.25, 0.3) is 11.1 Å². The molecule has 0 aliphatic rings. The van der Waals surface area contributed by atoms with E-state index in [0.29, 0.717) is 11.1 Å². The third-order valence-electron chi connectivity index (χ3n) is 2.68. The molecule has 0 spiro atoms. The average Bonchev–Trinajstić information content (AvgIpc) is 2.38. The quantitative estimate of drug-likeness (QED) is 0.921. The molecule has 0 saturated carbocycles. The second-order valence-corrected chi connectivity index (χ2v) is 4.17. The smallest absolute Gasteiger partial charge is 0.336 e. The first-order chi connectivity index (χ1) is 8.89. The lowest BCUT2D eigenvalue weighted by molar-refractivity contribution is 0.0128. The zero-order chi connectivity index (χ0) is 14.0. The van der Waals surface area contributed by atoms with E-state index in [1.54, 1.807) is 18.2 Å². The highest BCUT2D eigenvalue weighted by Crippen LogP contribution is 2.28. The van der Waals surface area contributed by atoms with Crippen LogP contribution in [0.1, 0.15) is 23.0 Å². The number of aromatic carboxylic acids is 1. The van der Waals surface area contributed by atoms with E-state index in [2.05, 4.69) is 4.98 Å². The molecule has 0 fully saturated rings. The van der Waals surface area contributed by atoms with Gasteiger partial charge in [0.15, 0.2) is 0 Å². The molecular weight excluding hydrogens is 252 g/mol. The Kier molecular flexibility index (Phi) is 3.29. The van der Waals surface area contributed by atoms with E-state index in [9.17, 15) is 13.6 Å². The van der Waals surface area contributed by atoms with Crippen molar-refractivity contribution < 1.29 is 18.7 Å². The van der Waals surface area contributed by atoms with Gasteiger partial charge in [-0.15, -0.1) is 0 Å². The SMILES string of the molecule is CC(F)(F)c1ccc(-c2ccccc2C(=O)O)cn1. The largest absolute Gasteiger partial charge is 0.478 e. The molecule has 19 heavy (non-hydrogen) atoms. The predicted molar refractivity (Wildman–Crippen MR) is 66.2 cm³/mol. The summed E-state index contributed by atoms with van der Waals surface area (Å²) in [6.45, 7) is 0.764. The molecule has 0 atom stereocenters. The molecule has 0 bridgehead atoms. The molecule has 1 aromatic heterocycles. The molecule has 0 aliphatic carbocycles. The summed E-state index contributed by atoms with van der Waals surface area (Å²) in [6.07, 6.45) is 1.26. The summed E-state index contributed by atoms with van der Waals surface area (Å²) in [5, 5.41) is 9.07. The summed E-state index contributed by atoms with van der Waals surface area (Å²) in [5.41, 5.74) is 0.712. The Morgan fingerprint density at radius 3 is 2.42 bits per heavy atom. The lowest BCUT2D eigenvalue weighted by Crippen LogP contribution is -2.09.